The number of piperazine rings is 1. The average Bonchev–Trinajstić information content (AvgIpc) is 2.71. The Morgan fingerprint density at radius 3 is 2.52 bits per heavy atom. The molecule has 1 aromatic carbocycles. The van der Waals surface area contributed by atoms with Gasteiger partial charge in [-0.15, -0.1) is 0 Å². The van der Waals surface area contributed by atoms with Crippen molar-refractivity contribution in [1.82, 2.24) is 9.80 Å². The van der Waals surface area contributed by atoms with Gasteiger partial charge in [-0.2, -0.15) is 0 Å². The number of anilines is 1. The summed E-state index contributed by atoms with van der Waals surface area (Å²) in [6.07, 6.45) is -1.22. The van der Waals surface area contributed by atoms with Crippen molar-refractivity contribution in [2.24, 2.45) is 0 Å². The molecule has 0 bridgehead atoms. The molecule has 0 aliphatic carbocycles. The molecule has 2 fully saturated rings. The third kappa shape index (κ3) is 5.82. The van der Waals surface area contributed by atoms with Crippen molar-refractivity contribution >= 4 is 18.3 Å². The molecule has 31 heavy (non-hydrogen) atoms. The van der Waals surface area contributed by atoms with E-state index in [0.717, 1.165) is 6.07 Å². The van der Waals surface area contributed by atoms with Gasteiger partial charge in [-0.3, -0.25) is 14.6 Å². The van der Waals surface area contributed by atoms with Gasteiger partial charge in [0.2, 0.25) is 0 Å². The van der Waals surface area contributed by atoms with Crippen LogP contribution in [0.2, 0.25) is 0 Å². The second-order valence-corrected chi connectivity index (χ2v) is 8.56. The highest BCUT2D eigenvalue weighted by molar-refractivity contribution is 5.69. The Labute approximate surface area is 180 Å². The molecule has 2 atom stereocenters. The zero-order valence-corrected chi connectivity index (χ0v) is 18.1. The molecule has 0 N–H and O–H groups in total. The monoisotopic (exact) mass is 441 g/mol. The van der Waals surface area contributed by atoms with Crippen LogP contribution in [0.1, 0.15) is 20.8 Å². The van der Waals surface area contributed by atoms with Crippen molar-refractivity contribution < 1.29 is 32.6 Å². The van der Waals surface area contributed by atoms with E-state index in [0.29, 0.717) is 51.5 Å². The summed E-state index contributed by atoms with van der Waals surface area (Å²) >= 11 is 0. The highest BCUT2D eigenvalue weighted by atomic mass is 19.1. The Bertz CT molecular complexity index is 781. The maximum absolute atomic E-state index is 14.1. The number of nitrogens with zero attached hydrogens (tertiary/aromatic N) is 3. The zero-order chi connectivity index (χ0) is 22.6. The Morgan fingerprint density at radius 2 is 1.90 bits per heavy atom. The van der Waals surface area contributed by atoms with E-state index in [-0.39, 0.29) is 6.61 Å². The fourth-order valence-electron chi connectivity index (χ4n) is 3.84. The van der Waals surface area contributed by atoms with Crippen LogP contribution in [0.3, 0.4) is 0 Å². The van der Waals surface area contributed by atoms with Crippen LogP contribution in [0.25, 0.3) is 0 Å². The highest BCUT2D eigenvalue weighted by Crippen LogP contribution is 2.25. The summed E-state index contributed by atoms with van der Waals surface area (Å²) in [5.74, 6) is -1.25. The van der Waals surface area contributed by atoms with Gasteiger partial charge in [-0.25, -0.2) is 13.6 Å². The van der Waals surface area contributed by atoms with E-state index < -0.39 is 35.6 Å². The van der Waals surface area contributed by atoms with Gasteiger partial charge in [0.1, 0.15) is 23.3 Å². The molecule has 0 radical (unpaired) electrons. The molecule has 10 heteroatoms. The second-order valence-electron chi connectivity index (χ2n) is 8.56. The van der Waals surface area contributed by atoms with Crippen LogP contribution in [-0.2, 0) is 19.0 Å². The average molecular weight is 441 g/mol. The first-order valence-electron chi connectivity index (χ1n) is 10.3. The van der Waals surface area contributed by atoms with E-state index in [2.05, 4.69) is 0 Å². The molecule has 172 valence electrons. The Balaban J connectivity index is 1.71. The maximum Gasteiger partial charge on any atom is 0.410 e. The molecule has 0 saturated carbocycles. The summed E-state index contributed by atoms with van der Waals surface area (Å²) in [5.41, 5.74) is -0.337. The standard InChI is InChI=1S/C21H29F2N3O5/c1-21(2,3)31-20(28)26-10-11-29-13-18(26)19(30-14-27)25-8-6-24(7-9-25)17-5-4-15(22)12-16(17)23/h4-5,12,14,18-19H,6-11,13H2,1-3H3. The van der Waals surface area contributed by atoms with Crippen LogP contribution in [0, 0.1) is 11.6 Å². The number of carbonyl (C=O) groups is 2. The van der Waals surface area contributed by atoms with Gasteiger partial charge in [0.15, 0.2) is 6.23 Å². The van der Waals surface area contributed by atoms with Crippen LogP contribution in [0.4, 0.5) is 19.3 Å². The van der Waals surface area contributed by atoms with Crippen LogP contribution < -0.4 is 4.90 Å². The van der Waals surface area contributed by atoms with Crippen LogP contribution >= 0.6 is 0 Å². The van der Waals surface area contributed by atoms with Crippen molar-refractivity contribution in [3.05, 3.63) is 29.8 Å². The Morgan fingerprint density at radius 1 is 1.19 bits per heavy atom. The van der Waals surface area contributed by atoms with Crippen LogP contribution in [-0.4, -0.2) is 86.2 Å². The quantitative estimate of drug-likeness (QED) is 0.649. The maximum atomic E-state index is 14.1. The second kappa shape index (κ2) is 9.78. The predicted molar refractivity (Wildman–Crippen MR) is 109 cm³/mol. The first kappa shape index (κ1) is 23.2. The van der Waals surface area contributed by atoms with Gasteiger partial charge in [0, 0.05) is 38.8 Å². The fraction of sp³-hybridized carbons (Fsp3) is 0.619. The summed E-state index contributed by atoms with van der Waals surface area (Å²) < 4.78 is 43.8. The summed E-state index contributed by atoms with van der Waals surface area (Å²) in [4.78, 5) is 29.2. The van der Waals surface area contributed by atoms with Crippen molar-refractivity contribution in [3.63, 3.8) is 0 Å². The molecule has 2 aliphatic rings. The molecular weight excluding hydrogens is 412 g/mol. The van der Waals surface area contributed by atoms with Gasteiger partial charge in [-0.05, 0) is 32.9 Å². The van der Waals surface area contributed by atoms with E-state index in [4.69, 9.17) is 14.2 Å². The largest absolute Gasteiger partial charge is 0.446 e. The smallest absolute Gasteiger partial charge is 0.410 e. The Kier molecular flexibility index (Phi) is 7.32. The number of morpholine rings is 1. The highest BCUT2D eigenvalue weighted by Gasteiger charge is 2.41. The first-order valence-corrected chi connectivity index (χ1v) is 10.3. The molecule has 0 spiro atoms. The first-order chi connectivity index (χ1) is 14.7. The number of rotatable bonds is 5. The molecule has 1 amide bonds. The summed E-state index contributed by atoms with van der Waals surface area (Å²) in [7, 11) is 0. The lowest BCUT2D eigenvalue weighted by Gasteiger charge is -2.45. The molecule has 8 nitrogen and oxygen atoms in total. The van der Waals surface area contributed by atoms with Crippen LogP contribution in [0.15, 0.2) is 18.2 Å². The van der Waals surface area contributed by atoms with Crippen molar-refractivity contribution in [2.45, 2.75) is 38.6 Å². The SMILES string of the molecule is CC(C)(C)OC(=O)N1CCOCC1C(OC=O)N1CCN(c2ccc(F)cc2F)CC1. The van der Waals surface area contributed by atoms with E-state index in [1.54, 1.807) is 20.8 Å². The van der Waals surface area contributed by atoms with E-state index >= 15 is 0 Å². The molecule has 2 heterocycles. The van der Waals surface area contributed by atoms with Gasteiger partial charge < -0.3 is 19.1 Å². The number of hydrogen-bond acceptors (Lipinski definition) is 7. The lowest BCUT2D eigenvalue weighted by molar-refractivity contribution is -0.161. The van der Waals surface area contributed by atoms with Gasteiger partial charge in [0.05, 0.1) is 18.9 Å². The topological polar surface area (TPSA) is 71.5 Å². The number of ether oxygens (including phenoxy) is 3. The molecule has 0 aromatic heterocycles. The Hall–Kier alpha value is -2.46. The van der Waals surface area contributed by atoms with Gasteiger partial charge >= 0.3 is 6.09 Å². The third-order valence-electron chi connectivity index (χ3n) is 5.24. The third-order valence-corrected chi connectivity index (χ3v) is 5.24. The molecule has 3 rings (SSSR count). The minimum Gasteiger partial charge on any atom is -0.446 e. The summed E-state index contributed by atoms with van der Waals surface area (Å²) in [6.45, 7) is 8.39. The number of amides is 1. The lowest BCUT2D eigenvalue weighted by atomic mass is 10.1. The van der Waals surface area contributed by atoms with Crippen LogP contribution in [0.5, 0.6) is 0 Å². The van der Waals surface area contributed by atoms with Crippen molar-refractivity contribution in [3.8, 4) is 0 Å². The number of carbonyl (C=O) groups excluding carboxylic acids is 2. The molecule has 2 unspecified atom stereocenters. The van der Waals surface area contributed by atoms with Gasteiger partial charge in [-0.1, -0.05) is 0 Å². The summed E-state index contributed by atoms with van der Waals surface area (Å²) in [5, 5.41) is 0. The normalized spacial score (nSPS) is 21.5. The molecule has 2 saturated heterocycles. The number of hydrogen-bond donors (Lipinski definition) is 0. The van der Waals surface area contributed by atoms with Crippen molar-refractivity contribution in [2.75, 3.05) is 50.8 Å². The summed E-state index contributed by atoms with van der Waals surface area (Å²) in [6, 6.07) is 2.96. The van der Waals surface area contributed by atoms with Crippen molar-refractivity contribution in [1.29, 1.82) is 0 Å². The van der Waals surface area contributed by atoms with Gasteiger partial charge in [0.25, 0.3) is 6.47 Å². The predicted octanol–water partition coefficient (Wildman–Crippen LogP) is 2.22. The number of halogens is 2. The number of benzene rings is 1. The van der Waals surface area contributed by atoms with E-state index in [9.17, 15) is 18.4 Å². The minimum atomic E-state index is -0.731. The van der Waals surface area contributed by atoms with E-state index in [1.807, 2.05) is 9.80 Å². The molecule has 2 aliphatic heterocycles. The molecule has 1 aromatic rings. The zero-order valence-electron chi connectivity index (χ0n) is 18.1. The lowest BCUT2D eigenvalue weighted by Crippen LogP contribution is -2.63. The fourth-order valence-corrected chi connectivity index (χ4v) is 3.84. The minimum absolute atomic E-state index is 0.199. The molecular formula is C21H29F2N3O5. The van der Waals surface area contributed by atoms with E-state index in [1.165, 1.54) is 17.0 Å².